The van der Waals surface area contributed by atoms with Crippen LogP contribution in [0.1, 0.15) is 18.1 Å². The fourth-order valence-corrected chi connectivity index (χ4v) is 3.60. The number of rotatable bonds is 5. The van der Waals surface area contributed by atoms with Crippen LogP contribution >= 0.6 is 0 Å². The predicted octanol–water partition coefficient (Wildman–Crippen LogP) is 2.62. The molecule has 0 bridgehead atoms. The van der Waals surface area contributed by atoms with Crippen molar-refractivity contribution in [2.75, 3.05) is 27.7 Å². The van der Waals surface area contributed by atoms with E-state index in [1.54, 1.807) is 48.2 Å². The Morgan fingerprint density at radius 2 is 1.75 bits per heavy atom. The summed E-state index contributed by atoms with van der Waals surface area (Å²) in [6.45, 7) is 2.20. The number of amides is 2. The molecule has 2 N–H and O–H groups in total. The van der Waals surface area contributed by atoms with Gasteiger partial charge in [0.05, 0.1) is 6.26 Å². The summed E-state index contributed by atoms with van der Waals surface area (Å²) in [6, 6.07) is 12.2. The summed E-state index contributed by atoms with van der Waals surface area (Å²) < 4.78 is 24.8. The van der Waals surface area contributed by atoms with Crippen LogP contribution in [0.25, 0.3) is 6.08 Å². The number of sulfonamides is 1. The molecule has 0 aliphatic carbocycles. The zero-order valence-corrected chi connectivity index (χ0v) is 16.4. The third kappa shape index (κ3) is 4.98. The van der Waals surface area contributed by atoms with Crippen molar-refractivity contribution in [3.63, 3.8) is 0 Å². The van der Waals surface area contributed by atoms with Crippen molar-refractivity contribution < 1.29 is 18.0 Å². The molecule has 0 fully saturated rings. The Morgan fingerprint density at radius 3 is 2.39 bits per heavy atom. The minimum absolute atomic E-state index is 0.0104. The Bertz CT molecular complexity index is 1040. The molecule has 2 amide bonds. The van der Waals surface area contributed by atoms with E-state index in [2.05, 4.69) is 10.0 Å². The summed E-state index contributed by atoms with van der Waals surface area (Å²) in [6.07, 6.45) is 4.91. The number of hydrogen-bond acceptors (Lipinski definition) is 4. The first-order valence-electron chi connectivity index (χ1n) is 8.69. The zero-order valence-electron chi connectivity index (χ0n) is 15.6. The minimum Gasteiger partial charge on any atom is -0.323 e. The van der Waals surface area contributed by atoms with Gasteiger partial charge in [-0.15, -0.1) is 0 Å². The van der Waals surface area contributed by atoms with Crippen LogP contribution in [0.2, 0.25) is 0 Å². The van der Waals surface area contributed by atoms with Crippen LogP contribution in [-0.4, -0.2) is 33.0 Å². The molecule has 0 saturated heterocycles. The first-order valence-corrected chi connectivity index (χ1v) is 10.6. The molecular formula is C20H21N3O4S. The summed E-state index contributed by atoms with van der Waals surface area (Å²) in [5.74, 6) is -0.268. The molecule has 0 saturated carbocycles. The van der Waals surface area contributed by atoms with Crippen LogP contribution in [0.5, 0.6) is 0 Å². The standard InChI is InChI=1S/C20H21N3O4S/c1-14(24)23-12-11-16-13-18(8-9-19(16)23)21-20(25)10-5-15-3-6-17(7-4-15)22-28(2,26)27/h3-10,13,22H,11-12H2,1-2H3,(H,21,25). The van der Waals surface area contributed by atoms with Gasteiger partial charge in [-0.3, -0.25) is 14.3 Å². The summed E-state index contributed by atoms with van der Waals surface area (Å²) in [5, 5.41) is 2.81. The second-order valence-electron chi connectivity index (χ2n) is 6.58. The lowest BCUT2D eigenvalue weighted by Crippen LogP contribution is -2.25. The molecule has 0 unspecified atom stereocenters. The van der Waals surface area contributed by atoms with Crippen molar-refractivity contribution in [3.8, 4) is 0 Å². The van der Waals surface area contributed by atoms with Gasteiger partial charge in [-0.25, -0.2) is 8.42 Å². The second-order valence-corrected chi connectivity index (χ2v) is 8.33. The van der Waals surface area contributed by atoms with Crippen molar-refractivity contribution in [1.82, 2.24) is 0 Å². The molecule has 3 rings (SSSR count). The summed E-state index contributed by atoms with van der Waals surface area (Å²) in [4.78, 5) is 25.5. The van der Waals surface area contributed by atoms with E-state index < -0.39 is 10.0 Å². The maximum atomic E-state index is 12.2. The van der Waals surface area contributed by atoms with Crippen molar-refractivity contribution in [2.24, 2.45) is 0 Å². The van der Waals surface area contributed by atoms with E-state index in [9.17, 15) is 18.0 Å². The Kier molecular flexibility index (Phi) is 5.51. The average Bonchev–Trinajstić information content (AvgIpc) is 3.03. The van der Waals surface area contributed by atoms with Gasteiger partial charge in [-0.1, -0.05) is 12.1 Å². The number of hydrogen-bond donors (Lipinski definition) is 2. The second kappa shape index (κ2) is 7.85. The van der Waals surface area contributed by atoms with Crippen molar-refractivity contribution in [3.05, 3.63) is 59.7 Å². The number of carbonyl (C=O) groups excluding carboxylic acids is 2. The molecule has 1 heterocycles. The van der Waals surface area contributed by atoms with Crippen LogP contribution < -0.4 is 14.9 Å². The molecule has 0 atom stereocenters. The molecule has 146 valence electrons. The van der Waals surface area contributed by atoms with Gasteiger partial charge in [-0.2, -0.15) is 0 Å². The van der Waals surface area contributed by atoms with Crippen LogP contribution in [0.3, 0.4) is 0 Å². The molecule has 0 radical (unpaired) electrons. The largest absolute Gasteiger partial charge is 0.323 e. The molecule has 28 heavy (non-hydrogen) atoms. The monoisotopic (exact) mass is 399 g/mol. The zero-order chi connectivity index (χ0) is 20.3. The molecule has 0 spiro atoms. The molecule has 2 aromatic rings. The van der Waals surface area contributed by atoms with Gasteiger partial charge in [-0.05, 0) is 54.0 Å². The maximum Gasteiger partial charge on any atom is 0.248 e. The van der Waals surface area contributed by atoms with Gasteiger partial charge in [0.25, 0.3) is 0 Å². The van der Waals surface area contributed by atoms with Gasteiger partial charge in [0.2, 0.25) is 21.8 Å². The van der Waals surface area contributed by atoms with E-state index in [0.717, 1.165) is 29.5 Å². The number of nitrogens with one attached hydrogen (secondary N) is 2. The SMILES string of the molecule is CC(=O)N1CCc2cc(NC(=O)C=Cc3ccc(NS(C)(=O)=O)cc3)ccc21. The lowest BCUT2D eigenvalue weighted by atomic mass is 10.1. The number of anilines is 3. The van der Waals surface area contributed by atoms with Gasteiger partial charge >= 0.3 is 0 Å². The smallest absolute Gasteiger partial charge is 0.248 e. The fourth-order valence-electron chi connectivity index (χ4n) is 3.04. The van der Waals surface area contributed by atoms with Crippen LogP contribution in [-0.2, 0) is 26.0 Å². The Morgan fingerprint density at radius 1 is 1.07 bits per heavy atom. The molecule has 1 aliphatic rings. The number of nitrogens with zero attached hydrogens (tertiary/aromatic N) is 1. The Balaban J connectivity index is 1.62. The lowest BCUT2D eigenvalue weighted by Gasteiger charge is -2.14. The van der Waals surface area contributed by atoms with Gasteiger partial charge in [0, 0.05) is 36.6 Å². The third-order valence-electron chi connectivity index (χ3n) is 4.26. The van der Waals surface area contributed by atoms with Crippen LogP contribution in [0.15, 0.2) is 48.5 Å². The first kappa shape index (κ1) is 19.6. The topological polar surface area (TPSA) is 95.6 Å². The highest BCUT2D eigenvalue weighted by Crippen LogP contribution is 2.30. The number of carbonyl (C=O) groups is 2. The van der Waals surface area contributed by atoms with E-state index in [4.69, 9.17) is 0 Å². The Labute approximate surface area is 164 Å². The van der Waals surface area contributed by atoms with Gasteiger partial charge in [0.1, 0.15) is 0 Å². The fraction of sp³-hybridized carbons (Fsp3) is 0.200. The summed E-state index contributed by atoms with van der Waals surface area (Å²) >= 11 is 0. The van der Waals surface area contributed by atoms with E-state index in [1.807, 2.05) is 12.1 Å². The van der Waals surface area contributed by atoms with Gasteiger partial charge < -0.3 is 10.2 Å². The van der Waals surface area contributed by atoms with E-state index in [0.29, 0.717) is 17.9 Å². The van der Waals surface area contributed by atoms with E-state index >= 15 is 0 Å². The van der Waals surface area contributed by atoms with Crippen LogP contribution in [0.4, 0.5) is 17.1 Å². The summed E-state index contributed by atoms with van der Waals surface area (Å²) in [5.41, 5.74) is 3.82. The quantitative estimate of drug-likeness (QED) is 0.756. The van der Waals surface area contributed by atoms with Crippen molar-refractivity contribution in [1.29, 1.82) is 0 Å². The minimum atomic E-state index is -3.32. The first-order chi connectivity index (χ1) is 13.2. The van der Waals surface area contributed by atoms with Crippen molar-refractivity contribution >= 4 is 45.0 Å². The summed E-state index contributed by atoms with van der Waals surface area (Å²) in [7, 11) is -3.32. The maximum absolute atomic E-state index is 12.2. The highest BCUT2D eigenvalue weighted by Gasteiger charge is 2.22. The molecule has 8 heteroatoms. The normalized spacial score (nSPS) is 13.4. The number of benzene rings is 2. The number of fused-ring (bicyclic) bond motifs is 1. The molecule has 2 aromatic carbocycles. The lowest BCUT2D eigenvalue weighted by molar-refractivity contribution is -0.116. The Hall–Kier alpha value is -3.13. The van der Waals surface area contributed by atoms with E-state index in [-0.39, 0.29) is 11.8 Å². The molecule has 1 aliphatic heterocycles. The highest BCUT2D eigenvalue weighted by molar-refractivity contribution is 7.92. The average molecular weight is 399 g/mol. The van der Waals surface area contributed by atoms with Crippen LogP contribution in [0, 0.1) is 0 Å². The van der Waals surface area contributed by atoms with Crippen molar-refractivity contribution in [2.45, 2.75) is 13.3 Å². The van der Waals surface area contributed by atoms with E-state index in [1.165, 1.54) is 6.08 Å². The highest BCUT2D eigenvalue weighted by atomic mass is 32.2. The molecule has 0 aromatic heterocycles. The van der Waals surface area contributed by atoms with Gasteiger partial charge in [0.15, 0.2) is 0 Å². The molecular weight excluding hydrogens is 378 g/mol. The predicted molar refractivity (Wildman–Crippen MR) is 111 cm³/mol. The molecule has 7 nitrogen and oxygen atoms in total. The third-order valence-corrected chi connectivity index (χ3v) is 4.87.